The summed E-state index contributed by atoms with van der Waals surface area (Å²) in [6.07, 6.45) is 0. The van der Waals surface area contributed by atoms with E-state index in [4.69, 9.17) is 19.9 Å². The molecule has 0 bridgehead atoms. The lowest BCUT2D eigenvalue weighted by Gasteiger charge is -1.76. The topological polar surface area (TPSA) is 84.5 Å². The van der Waals surface area contributed by atoms with Gasteiger partial charge in [-0.1, -0.05) is 0 Å². The van der Waals surface area contributed by atoms with E-state index in [0.717, 1.165) is 0 Å². The zero-order valence-corrected chi connectivity index (χ0v) is 4.63. The second kappa shape index (κ2) is 9.25. The third-order valence-electron chi connectivity index (χ3n) is 0. The SMILES string of the molecule is CC#N.OP(O)O. The molecule has 0 spiro atoms. The van der Waals surface area contributed by atoms with Gasteiger partial charge in [-0.15, -0.1) is 0 Å². The molecule has 0 aliphatic heterocycles. The van der Waals surface area contributed by atoms with Gasteiger partial charge < -0.3 is 14.7 Å². The van der Waals surface area contributed by atoms with Gasteiger partial charge in [0.15, 0.2) is 0 Å². The van der Waals surface area contributed by atoms with Crippen molar-refractivity contribution in [3.8, 4) is 6.07 Å². The fraction of sp³-hybridized carbons (Fsp3) is 0.500. The van der Waals surface area contributed by atoms with Crippen LogP contribution in [0, 0.1) is 11.3 Å². The largest absolute Gasteiger partial charge is 0.328 e. The average molecular weight is 123 g/mol. The normalized spacial score (nSPS) is 6.29. The molecule has 0 fully saturated rings. The van der Waals surface area contributed by atoms with Crippen LogP contribution in [-0.2, 0) is 0 Å². The van der Waals surface area contributed by atoms with Crippen LogP contribution < -0.4 is 0 Å². The molecule has 0 heterocycles. The minimum Gasteiger partial charge on any atom is -0.328 e. The molecule has 0 aromatic carbocycles. The fourth-order valence-electron chi connectivity index (χ4n) is 0. The Morgan fingerprint density at radius 3 is 1.43 bits per heavy atom. The number of hydrogen-bond acceptors (Lipinski definition) is 4. The maximum Gasteiger partial charge on any atom is 0.324 e. The van der Waals surface area contributed by atoms with Crippen molar-refractivity contribution in [1.29, 1.82) is 5.26 Å². The number of nitriles is 1. The molecule has 0 amide bonds. The molecule has 0 aromatic rings. The summed E-state index contributed by atoms with van der Waals surface area (Å²) >= 11 is 0. The van der Waals surface area contributed by atoms with Crippen molar-refractivity contribution < 1.29 is 14.7 Å². The Hall–Kier alpha value is -0.200. The number of rotatable bonds is 0. The summed E-state index contributed by atoms with van der Waals surface area (Å²) in [5.74, 6) is 0. The molecule has 7 heavy (non-hydrogen) atoms. The van der Waals surface area contributed by atoms with E-state index >= 15 is 0 Å². The van der Waals surface area contributed by atoms with Crippen molar-refractivity contribution in [1.82, 2.24) is 0 Å². The molecule has 0 saturated carbocycles. The summed E-state index contributed by atoms with van der Waals surface area (Å²) < 4.78 is 0. The first kappa shape index (κ1) is 9.93. The zero-order valence-electron chi connectivity index (χ0n) is 3.74. The molecule has 0 saturated heterocycles. The average Bonchev–Trinajstić information content (AvgIpc) is 1.33. The maximum absolute atomic E-state index is 7.32. The van der Waals surface area contributed by atoms with Crippen LogP contribution in [0.2, 0.25) is 0 Å². The van der Waals surface area contributed by atoms with Crippen LogP contribution in [0.25, 0.3) is 0 Å². The van der Waals surface area contributed by atoms with Gasteiger partial charge in [-0.2, -0.15) is 5.26 Å². The van der Waals surface area contributed by atoms with Crippen LogP contribution in [-0.4, -0.2) is 14.7 Å². The van der Waals surface area contributed by atoms with Gasteiger partial charge in [0.2, 0.25) is 0 Å². The van der Waals surface area contributed by atoms with E-state index in [2.05, 4.69) is 0 Å². The molecule has 0 rings (SSSR count). The molecule has 0 aromatic heterocycles. The molecule has 0 unspecified atom stereocenters. The van der Waals surface area contributed by atoms with Gasteiger partial charge in [0.05, 0.1) is 6.07 Å². The highest BCUT2D eigenvalue weighted by Crippen LogP contribution is 2.11. The summed E-state index contributed by atoms with van der Waals surface area (Å²) in [7, 11) is -2.62. The van der Waals surface area contributed by atoms with Crippen LogP contribution in [0.5, 0.6) is 0 Å². The van der Waals surface area contributed by atoms with Gasteiger partial charge in [-0.3, -0.25) is 0 Å². The van der Waals surface area contributed by atoms with E-state index in [1.165, 1.54) is 6.92 Å². The second-order valence-corrected chi connectivity index (χ2v) is 1.03. The first-order valence-electron chi connectivity index (χ1n) is 1.32. The number of hydrogen-bond donors (Lipinski definition) is 3. The summed E-state index contributed by atoms with van der Waals surface area (Å²) in [5, 5.41) is 7.32. The Morgan fingerprint density at radius 1 is 1.43 bits per heavy atom. The monoisotopic (exact) mass is 123 g/mol. The van der Waals surface area contributed by atoms with Crippen LogP contribution in [0.15, 0.2) is 0 Å². The van der Waals surface area contributed by atoms with Gasteiger partial charge in [-0.25, -0.2) is 0 Å². The van der Waals surface area contributed by atoms with Crippen molar-refractivity contribution in [2.24, 2.45) is 0 Å². The molecule has 0 radical (unpaired) electrons. The standard InChI is InChI=1S/C2H3N.H3O3P/c1-2-3;1-4(2)3/h1H3;1-3H. The van der Waals surface area contributed by atoms with Crippen LogP contribution in [0.1, 0.15) is 6.92 Å². The predicted molar refractivity (Wildman–Crippen MR) is 24.9 cm³/mol. The Kier molecular flexibility index (Phi) is 13.1. The van der Waals surface area contributed by atoms with Crippen molar-refractivity contribution in [2.75, 3.05) is 0 Å². The molecular formula is C2H6NO3P. The van der Waals surface area contributed by atoms with Gasteiger partial charge in [0.25, 0.3) is 0 Å². The highest BCUT2D eigenvalue weighted by molar-refractivity contribution is 7.38. The van der Waals surface area contributed by atoms with E-state index in [-0.39, 0.29) is 0 Å². The molecule has 5 heteroatoms. The van der Waals surface area contributed by atoms with E-state index in [9.17, 15) is 0 Å². The highest BCUT2D eigenvalue weighted by atomic mass is 31.2. The first-order chi connectivity index (χ1) is 3.15. The Morgan fingerprint density at radius 2 is 1.43 bits per heavy atom. The number of nitrogens with zero attached hydrogens (tertiary/aromatic N) is 1. The zero-order chi connectivity index (χ0) is 6.28. The smallest absolute Gasteiger partial charge is 0.324 e. The first-order valence-corrected chi connectivity index (χ1v) is 2.52. The summed E-state index contributed by atoms with van der Waals surface area (Å²) in [6.45, 7) is 1.43. The Labute approximate surface area is 42.6 Å². The van der Waals surface area contributed by atoms with Gasteiger partial charge >= 0.3 is 8.60 Å². The van der Waals surface area contributed by atoms with Crippen LogP contribution in [0.4, 0.5) is 0 Å². The second-order valence-electron chi connectivity index (χ2n) is 0.492. The maximum atomic E-state index is 7.32. The molecule has 4 nitrogen and oxygen atoms in total. The van der Waals surface area contributed by atoms with Crippen LogP contribution >= 0.6 is 8.60 Å². The lowest BCUT2D eigenvalue weighted by Crippen LogP contribution is -1.54. The van der Waals surface area contributed by atoms with Gasteiger partial charge in [-0.05, 0) is 0 Å². The summed E-state index contributed by atoms with van der Waals surface area (Å²) in [5.41, 5.74) is 0. The summed E-state index contributed by atoms with van der Waals surface area (Å²) in [4.78, 5) is 21.7. The lowest BCUT2D eigenvalue weighted by molar-refractivity contribution is 0.368. The van der Waals surface area contributed by atoms with Gasteiger partial charge in [0, 0.05) is 6.92 Å². The highest BCUT2D eigenvalue weighted by Gasteiger charge is 1.76. The lowest BCUT2D eigenvalue weighted by atomic mass is 11.0. The molecule has 42 valence electrons. The van der Waals surface area contributed by atoms with Crippen molar-refractivity contribution in [3.63, 3.8) is 0 Å². The molecule has 0 atom stereocenters. The van der Waals surface area contributed by atoms with E-state index in [1.54, 1.807) is 6.07 Å². The van der Waals surface area contributed by atoms with E-state index in [0.29, 0.717) is 0 Å². The third kappa shape index (κ3) is 2090. The van der Waals surface area contributed by atoms with Crippen LogP contribution in [0.3, 0.4) is 0 Å². The van der Waals surface area contributed by atoms with Crippen molar-refractivity contribution >= 4 is 8.60 Å². The van der Waals surface area contributed by atoms with Crippen molar-refractivity contribution in [2.45, 2.75) is 6.92 Å². The minimum atomic E-state index is -2.62. The third-order valence-corrected chi connectivity index (χ3v) is 0. The Balaban J connectivity index is 0. The molecule has 3 N–H and O–H groups in total. The Bertz CT molecular complexity index is 55.7. The quantitative estimate of drug-likeness (QED) is 0.387. The van der Waals surface area contributed by atoms with E-state index in [1.807, 2.05) is 0 Å². The fourth-order valence-corrected chi connectivity index (χ4v) is 0. The van der Waals surface area contributed by atoms with Gasteiger partial charge in [0.1, 0.15) is 0 Å². The summed E-state index contributed by atoms with van der Waals surface area (Å²) in [6, 6.07) is 1.75. The molecule has 0 aliphatic rings. The predicted octanol–water partition coefficient (Wildman–Crippen LogP) is -0.280. The minimum absolute atomic E-state index is 1.43. The van der Waals surface area contributed by atoms with Crippen molar-refractivity contribution in [3.05, 3.63) is 0 Å². The molecule has 0 aliphatic carbocycles. The van der Waals surface area contributed by atoms with E-state index < -0.39 is 8.60 Å². The molecular weight excluding hydrogens is 117 g/mol.